The minimum absolute atomic E-state index is 0.218. The molecule has 0 aromatic heterocycles. The van der Waals surface area contributed by atoms with Crippen molar-refractivity contribution in [3.63, 3.8) is 0 Å². The van der Waals surface area contributed by atoms with Gasteiger partial charge >= 0.3 is 0 Å². The first-order valence-corrected chi connectivity index (χ1v) is 9.46. The Labute approximate surface area is 170 Å². The Bertz CT molecular complexity index is 809. The molecule has 0 fully saturated rings. The second kappa shape index (κ2) is 10.6. The summed E-state index contributed by atoms with van der Waals surface area (Å²) < 4.78 is 11.1. The van der Waals surface area contributed by atoms with Crippen molar-refractivity contribution in [3.8, 4) is 11.5 Å². The minimum atomic E-state index is -0.633. The number of rotatable bonds is 9. The maximum atomic E-state index is 12.4. The zero-order valence-corrected chi connectivity index (χ0v) is 17.0. The molecule has 0 aliphatic carbocycles. The first-order valence-electron chi connectivity index (χ1n) is 9.08. The predicted molar refractivity (Wildman–Crippen MR) is 109 cm³/mol. The zero-order valence-electron chi connectivity index (χ0n) is 16.3. The van der Waals surface area contributed by atoms with Crippen molar-refractivity contribution >= 4 is 23.4 Å². The summed E-state index contributed by atoms with van der Waals surface area (Å²) in [6.07, 6.45) is 0.834. The molecule has 2 N–H and O–H groups in total. The Morgan fingerprint density at radius 3 is 2.46 bits per heavy atom. The molecule has 2 aromatic rings. The highest BCUT2D eigenvalue weighted by atomic mass is 35.5. The fourth-order valence-corrected chi connectivity index (χ4v) is 2.54. The lowest BCUT2D eigenvalue weighted by Gasteiger charge is -2.15. The zero-order chi connectivity index (χ0) is 20.5. The monoisotopic (exact) mass is 404 g/mol. The summed E-state index contributed by atoms with van der Waals surface area (Å²) in [5, 5.41) is 6.09. The van der Waals surface area contributed by atoms with Gasteiger partial charge in [0, 0.05) is 17.1 Å². The largest absolute Gasteiger partial charge is 0.493 e. The molecule has 0 aliphatic heterocycles. The van der Waals surface area contributed by atoms with Crippen LogP contribution in [0.1, 0.15) is 36.2 Å². The van der Waals surface area contributed by atoms with E-state index in [2.05, 4.69) is 10.6 Å². The summed E-state index contributed by atoms with van der Waals surface area (Å²) in [5.41, 5.74) is 1.34. The number of hydrogen-bond donors (Lipinski definition) is 2. The molecule has 0 saturated carbocycles. The van der Waals surface area contributed by atoms with Gasteiger partial charge in [-0.3, -0.25) is 9.59 Å². The third-order valence-electron chi connectivity index (χ3n) is 4.02. The van der Waals surface area contributed by atoms with Crippen molar-refractivity contribution in [2.45, 2.75) is 32.9 Å². The normalized spacial score (nSPS) is 11.4. The van der Waals surface area contributed by atoms with Crippen molar-refractivity contribution in [3.05, 3.63) is 58.6 Å². The Hall–Kier alpha value is -2.73. The highest BCUT2D eigenvalue weighted by Crippen LogP contribution is 2.29. The van der Waals surface area contributed by atoms with Gasteiger partial charge < -0.3 is 20.1 Å². The van der Waals surface area contributed by atoms with Crippen LogP contribution in [0.4, 0.5) is 0 Å². The number of methoxy groups -OCH3 is 1. The van der Waals surface area contributed by atoms with Crippen LogP contribution >= 0.6 is 11.6 Å². The number of carbonyl (C=O) groups excluding carboxylic acids is 2. The molecule has 0 bridgehead atoms. The highest BCUT2D eigenvalue weighted by molar-refractivity contribution is 6.30. The third-order valence-corrected chi connectivity index (χ3v) is 4.28. The molecule has 0 spiro atoms. The van der Waals surface area contributed by atoms with E-state index in [1.165, 1.54) is 7.11 Å². The molecule has 2 amide bonds. The molecule has 0 aliphatic rings. The minimum Gasteiger partial charge on any atom is -0.493 e. The first kappa shape index (κ1) is 21.6. The lowest BCUT2D eigenvalue weighted by atomic mass is 10.1. The average Bonchev–Trinajstić information content (AvgIpc) is 2.71. The highest BCUT2D eigenvalue weighted by Gasteiger charge is 2.17. The number of carbonyl (C=O) groups is 2. The summed E-state index contributed by atoms with van der Waals surface area (Å²) in [6, 6.07) is 11.6. The number of nitrogens with one attached hydrogen (secondary N) is 2. The first-order chi connectivity index (χ1) is 13.4. The smallest absolute Gasteiger partial charge is 0.252 e. The van der Waals surface area contributed by atoms with Gasteiger partial charge in [0.2, 0.25) is 5.91 Å². The van der Waals surface area contributed by atoms with Gasteiger partial charge in [0.25, 0.3) is 5.91 Å². The molecule has 28 heavy (non-hydrogen) atoms. The molecular weight excluding hydrogens is 380 g/mol. The maximum absolute atomic E-state index is 12.4. The van der Waals surface area contributed by atoms with E-state index in [1.54, 1.807) is 37.3 Å². The van der Waals surface area contributed by atoms with Gasteiger partial charge in [-0.05, 0) is 49.2 Å². The number of ether oxygens (including phenoxy) is 2. The summed E-state index contributed by atoms with van der Waals surface area (Å²) in [6.45, 7) is 4.52. The molecule has 2 rings (SSSR count). The summed E-state index contributed by atoms with van der Waals surface area (Å²) >= 11 is 5.88. The maximum Gasteiger partial charge on any atom is 0.252 e. The molecule has 0 saturated heterocycles. The lowest BCUT2D eigenvalue weighted by Crippen LogP contribution is -2.45. The molecular formula is C21H25ClN2O4. The summed E-state index contributed by atoms with van der Waals surface area (Å²) in [7, 11) is 1.51. The van der Waals surface area contributed by atoms with Crippen LogP contribution in [0.25, 0.3) is 0 Å². The molecule has 0 heterocycles. The lowest BCUT2D eigenvalue weighted by molar-refractivity contribution is -0.122. The van der Waals surface area contributed by atoms with Gasteiger partial charge in [-0.15, -0.1) is 0 Å². The predicted octanol–water partition coefficient (Wildman–Crippen LogP) is 3.57. The Kier molecular flexibility index (Phi) is 8.14. The van der Waals surface area contributed by atoms with Crippen molar-refractivity contribution in [2.75, 3.05) is 13.7 Å². The number of halogens is 1. The van der Waals surface area contributed by atoms with E-state index in [0.29, 0.717) is 35.2 Å². The van der Waals surface area contributed by atoms with Gasteiger partial charge in [-0.1, -0.05) is 30.7 Å². The Morgan fingerprint density at radius 2 is 1.82 bits per heavy atom. The van der Waals surface area contributed by atoms with Gasteiger partial charge in [0.15, 0.2) is 11.5 Å². The molecule has 0 radical (unpaired) electrons. The SMILES string of the molecule is CCCNC(=O)C(C)NC(=O)c1ccc(OCc2ccc(Cl)cc2)c(OC)c1. The van der Waals surface area contributed by atoms with Crippen LogP contribution in [0.15, 0.2) is 42.5 Å². The average molecular weight is 405 g/mol. The number of amides is 2. The van der Waals surface area contributed by atoms with Crippen LogP contribution < -0.4 is 20.1 Å². The van der Waals surface area contributed by atoms with Crippen molar-refractivity contribution in [1.29, 1.82) is 0 Å². The van der Waals surface area contributed by atoms with Gasteiger partial charge in [-0.2, -0.15) is 0 Å². The molecule has 1 atom stereocenters. The van der Waals surface area contributed by atoms with E-state index in [0.717, 1.165) is 12.0 Å². The number of benzene rings is 2. The van der Waals surface area contributed by atoms with Gasteiger partial charge in [0.1, 0.15) is 12.6 Å². The summed E-state index contributed by atoms with van der Waals surface area (Å²) in [4.78, 5) is 24.3. The summed E-state index contributed by atoms with van der Waals surface area (Å²) in [5.74, 6) is 0.374. The number of hydrogen-bond acceptors (Lipinski definition) is 4. The van der Waals surface area contributed by atoms with Crippen molar-refractivity contribution < 1.29 is 19.1 Å². The fourth-order valence-electron chi connectivity index (χ4n) is 2.42. The fraction of sp³-hybridized carbons (Fsp3) is 0.333. The van der Waals surface area contributed by atoms with Crippen LogP contribution in [0, 0.1) is 0 Å². The van der Waals surface area contributed by atoms with E-state index in [-0.39, 0.29) is 11.8 Å². The van der Waals surface area contributed by atoms with Crippen molar-refractivity contribution in [1.82, 2.24) is 10.6 Å². The van der Waals surface area contributed by atoms with Crippen LogP contribution in [0.3, 0.4) is 0 Å². The standard InChI is InChI=1S/C21H25ClN2O4/c1-4-11-23-20(25)14(2)24-21(26)16-7-10-18(19(12-16)27-3)28-13-15-5-8-17(22)9-6-15/h5-10,12,14H,4,11,13H2,1-3H3,(H,23,25)(H,24,26). The molecule has 6 nitrogen and oxygen atoms in total. The van der Waals surface area contributed by atoms with Crippen molar-refractivity contribution in [2.24, 2.45) is 0 Å². The van der Waals surface area contributed by atoms with Gasteiger partial charge in [-0.25, -0.2) is 0 Å². The van der Waals surface area contributed by atoms with Crippen LogP contribution in [0.2, 0.25) is 5.02 Å². The van der Waals surface area contributed by atoms with E-state index in [4.69, 9.17) is 21.1 Å². The third kappa shape index (κ3) is 6.16. The van der Waals surface area contributed by atoms with E-state index < -0.39 is 6.04 Å². The van der Waals surface area contributed by atoms with Crippen LogP contribution in [-0.2, 0) is 11.4 Å². The van der Waals surface area contributed by atoms with E-state index >= 15 is 0 Å². The van der Waals surface area contributed by atoms with E-state index in [1.807, 2.05) is 19.1 Å². The molecule has 7 heteroatoms. The van der Waals surface area contributed by atoms with E-state index in [9.17, 15) is 9.59 Å². The van der Waals surface area contributed by atoms with Gasteiger partial charge in [0.05, 0.1) is 7.11 Å². The molecule has 1 unspecified atom stereocenters. The van der Waals surface area contributed by atoms with Crippen LogP contribution in [0.5, 0.6) is 11.5 Å². The molecule has 2 aromatic carbocycles. The van der Waals surface area contributed by atoms with Crippen LogP contribution in [-0.4, -0.2) is 31.5 Å². The molecule has 150 valence electrons. The second-order valence-electron chi connectivity index (χ2n) is 6.27. The Balaban J connectivity index is 2.01. The Morgan fingerprint density at radius 1 is 1.11 bits per heavy atom. The quantitative estimate of drug-likeness (QED) is 0.669. The second-order valence-corrected chi connectivity index (χ2v) is 6.70. The topological polar surface area (TPSA) is 76.7 Å².